The molecular formula is C7H15F3N2. The van der Waals surface area contributed by atoms with Gasteiger partial charge in [-0.25, -0.2) is 0 Å². The van der Waals surface area contributed by atoms with Crippen molar-refractivity contribution in [2.75, 3.05) is 26.7 Å². The van der Waals surface area contributed by atoms with Crippen molar-refractivity contribution in [2.24, 2.45) is 5.92 Å². The van der Waals surface area contributed by atoms with E-state index in [0.29, 0.717) is 6.54 Å². The lowest BCUT2D eigenvalue weighted by molar-refractivity contribution is -0.125. The van der Waals surface area contributed by atoms with E-state index >= 15 is 0 Å². The molecule has 12 heavy (non-hydrogen) atoms. The second-order valence-corrected chi connectivity index (χ2v) is 2.91. The summed E-state index contributed by atoms with van der Waals surface area (Å²) >= 11 is 0. The minimum Gasteiger partial charge on any atom is -0.319 e. The van der Waals surface area contributed by atoms with Gasteiger partial charge < -0.3 is 10.6 Å². The molecule has 0 amide bonds. The average molecular weight is 184 g/mol. The van der Waals surface area contributed by atoms with E-state index in [0.717, 1.165) is 6.54 Å². The van der Waals surface area contributed by atoms with E-state index in [2.05, 4.69) is 10.6 Å². The number of rotatable bonds is 5. The molecule has 0 rings (SSSR count). The molecule has 0 bridgehead atoms. The van der Waals surface area contributed by atoms with Crippen LogP contribution in [0.25, 0.3) is 0 Å². The highest BCUT2D eigenvalue weighted by atomic mass is 19.4. The molecule has 0 saturated heterocycles. The Hall–Kier alpha value is -0.290. The van der Waals surface area contributed by atoms with Crippen LogP contribution in [-0.4, -0.2) is 32.9 Å². The monoisotopic (exact) mass is 184 g/mol. The predicted molar refractivity (Wildman–Crippen MR) is 42.0 cm³/mol. The van der Waals surface area contributed by atoms with E-state index in [4.69, 9.17) is 0 Å². The van der Waals surface area contributed by atoms with Crippen LogP contribution in [-0.2, 0) is 0 Å². The second kappa shape index (κ2) is 5.37. The van der Waals surface area contributed by atoms with Gasteiger partial charge in [-0.2, -0.15) is 13.2 Å². The van der Waals surface area contributed by atoms with E-state index in [1.54, 1.807) is 7.05 Å². The molecule has 0 aliphatic rings. The van der Waals surface area contributed by atoms with Crippen LogP contribution in [0.4, 0.5) is 13.2 Å². The van der Waals surface area contributed by atoms with Gasteiger partial charge in [0.25, 0.3) is 0 Å². The quantitative estimate of drug-likeness (QED) is 0.666. The first-order chi connectivity index (χ1) is 5.45. The molecule has 0 aromatic rings. The minimum absolute atomic E-state index is 0.220. The third-order valence-electron chi connectivity index (χ3n) is 1.37. The SMILES string of the molecule is CNCC(C)CNCC(F)(F)F. The zero-order valence-electron chi connectivity index (χ0n) is 7.33. The van der Waals surface area contributed by atoms with Gasteiger partial charge in [0.1, 0.15) is 0 Å². The first kappa shape index (κ1) is 11.7. The molecule has 0 heterocycles. The van der Waals surface area contributed by atoms with Crippen LogP contribution in [0.1, 0.15) is 6.92 Å². The third kappa shape index (κ3) is 7.81. The highest BCUT2D eigenvalue weighted by molar-refractivity contribution is 4.61. The van der Waals surface area contributed by atoms with Crippen molar-refractivity contribution in [3.05, 3.63) is 0 Å². The highest BCUT2D eigenvalue weighted by Gasteiger charge is 2.26. The summed E-state index contributed by atoms with van der Waals surface area (Å²) < 4.78 is 34.8. The molecule has 1 unspecified atom stereocenters. The largest absolute Gasteiger partial charge is 0.401 e. The van der Waals surface area contributed by atoms with Gasteiger partial charge in [-0.3, -0.25) is 0 Å². The Morgan fingerprint density at radius 3 is 2.25 bits per heavy atom. The summed E-state index contributed by atoms with van der Waals surface area (Å²) in [6, 6.07) is 0. The van der Waals surface area contributed by atoms with Crippen LogP contribution in [0.3, 0.4) is 0 Å². The Bertz CT molecular complexity index is 114. The maximum atomic E-state index is 11.6. The minimum atomic E-state index is -4.10. The maximum Gasteiger partial charge on any atom is 0.401 e. The molecule has 0 radical (unpaired) electrons. The topological polar surface area (TPSA) is 24.1 Å². The molecule has 2 N–H and O–H groups in total. The second-order valence-electron chi connectivity index (χ2n) is 2.91. The summed E-state index contributed by atoms with van der Waals surface area (Å²) in [5.41, 5.74) is 0. The molecular weight excluding hydrogens is 169 g/mol. The summed E-state index contributed by atoms with van der Waals surface area (Å²) in [7, 11) is 1.78. The lowest BCUT2D eigenvalue weighted by Crippen LogP contribution is -2.34. The predicted octanol–water partition coefficient (Wildman–Crippen LogP) is 0.994. The summed E-state index contributed by atoms with van der Waals surface area (Å²) in [6.45, 7) is 2.10. The van der Waals surface area contributed by atoms with E-state index in [9.17, 15) is 13.2 Å². The molecule has 0 aliphatic carbocycles. The molecule has 0 fully saturated rings. The Morgan fingerprint density at radius 2 is 1.83 bits per heavy atom. The van der Waals surface area contributed by atoms with Gasteiger partial charge in [0.15, 0.2) is 0 Å². The van der Waals surface area contributed by atoms with Gasteiger partial charge >= 0.3 is 6.18 Å². The van der Waals surface area contributed by atoms with Crippen LogP contribution in [0.15, 0.2) is 0 Å². The highest BCUT2D eigenvalue weighted by Crippen LogP contribution is 2.12. The number of nitrogens with one attached hydrogen (secondary N) is 2. The lowest BCUT2D eigenvalue weighted by Gasteiger charge is -2.12. The zero-order chi connectivity index (χ0) is 9.61. The molecule has 1 atom stereocenters. The van der Waals surface area contributed by atoms with Crippen molar-refractivity contribution in [3.8, 4) is 0 Å². The third-order valence-corrected chi connectivity index (χ3v) is 1.37. The van der Waals surface area contributed by atoms with Crippen LogP contribution >= 0.6 is 0 Å². The van der Waals surface area contributed by atoms with Crippen molar-refractivity contribution in [1.82, 2.24) is 10.6 Å². The molecule has 0 saturated carbocycles. The van der Waals surface area contributed by atoms with Gasteiger partial charge in [0, 0.05) is 0 Å². The Morgan fingerprint density at radius 1 is 1.25 bits per heavy atom. The smallest absolute Gasteiger partial charge is 0.319 e. The molecule has 0 spiro atoms. The Balaban J connectivity index is 3.31. The van der Waals surface area contributed by atoms with Crippen molar-refractivity contribution >= 4 is 0 Å². The fourth-order valence-electron chi connectivity index (χ4n) is 0.881. The molecule has 74 valence electrons. The maximum absolute atomic E-state index is 11.6. The fraction of sp³-hybridized carbons (Fsp3) is 1.00. The molecule has 0 aromatic carbocycles. The number of alkyl halides is 3. The number of hydrogen-bond donors (Lipinski definition) is 2. The Labute approximate surface area is 70.5 Å². The molecule has 5 heteroatoms. The Kier molecular flexibility index (Phi) is 5.24. The van der Waals surface area contributed by atoms with E-state index in [-0.39, 0.29) is 5.92 Å². The average Bonchev–Trinajstić information content (AvgIpc) is 1.84. The van der Waals surface area contributed by atoms with Gasteiger partial charge in [0.2, 0.25) is 0 Å². The summed E-state index contributed by atoms with van der Waals surface area (Å²) in [5, 5.41) is 5.24. The standard InChI is InChI=1S/C7H15F3N2/c1-6(3-11-2)4-12-5-7(8,9)10/h6,11-12H,3-5H2,1-2H3. The van der Waals surface area contributed by atoms with E-state index in [1.165, 1.54) is 0 Å². The number of halogens is 3. The summed E-state index contributed by atoms with van der Waals surface area (Å²) in [4.78, 5) is 0. The van der Waals surface area contributed by atoms with E-state index < -0.39 is 12.7 Å². The summed E-state index contributed by atoms with van der Waals surface area (Å²) in [6.07, 6.45) is -4.10. The van der Waals surface area contributed by atoms with Crippen molar-refractivity contribution in [3.63, 3.8) is 0 Å². The zero-order valence-corrected chi connectivity index (χ0v) is 7.33. The van der Waals surface area contributed by atoms with Gasteiger partial charge in [-0.15, -0.1) is 0 Å². The first-order valence-electron chi connectivity index (χ1n) is 3.88. The lowest BCUT2D eigenvalue weighted by atomic mass is 10.2. The van der Waals surface area contributed by atoms with Crippen LogP contribution in [0.2, 0.25) is 0 Å². The number of hydrogen-bond acceptors (Lipinski definition) is 2. The van der Waals surface area contributed by atoms with Crippen molar-refractivity contribution in [2.45, 2.75) is 13.1 Å². The van der Waals surface area contributed by atoms with Gasteiger partial charge in [0.05, 0.1) is 6.54 Å². The van der Waals surface area contributed by atoms with Crippen molar-refractivity contribution < 1.29 is 13.2 Å². The first-order valence-corrected chi connectivity index (χ1v) is 3.88. The summed E-state index contributed by atoms with van der Waals surface area (Å²) in [5.74, 6) is 0.220. The van der Waals surface area contributed by atoms with Crippen LogP contribution < -0.4 is 10.6 Å². The molecule has 2 nitrogen and oxygen atoms in total. The van der Waals surface area contributed by atoms with Crippen LogP contribution in [0, 0.1) is 5.92 Å². The van der Waals surface area contributed by atoms with E-state index in [1.807, 2.05) is 6.92 Å². The van der Waals surface area contributed by atoms with Gasteiger partial charge in [-0.1, -0.05) is 6.92 Å². The normalized spacial score (nSPS) is 14.8. The van der Waals surface area contributed by atoms with Crippen LogP contribution in [0.5, 0.6) is 0 Å². The van der Waals surface area contributed by atoms with Crippen molar-refractivity contribution in [1.29, 1.82) is 0 Å². The fourth-order valence-corrected chi connectivity index (χ4v) is 0.881. The molecule has 0 aromatic heterocycles. The molecule has 0 aliphatic heterocycles. The van der Waals surface area contributed by atoms with Gasteiger partial charge in [-0.05, 0) is 26.1 Å².